The molecule has 18 atom stereocenters. The predicted octanol–water partition coefficient (Wildman–Crippen LogP) is 3.46. The summed E-state index contributed by atoms with van der Waals surface area (Å²) in [4.78, 5) is 44.1. The summed E-state index contributed by atoms with van der Waals surface area (Å²) in [7, 11) is 5.13. The number of carbonyl (C=O) groups excluding carboxylic acids is 3. The van der Waals surface area contributed by atoms with Gasteiger partial charge in [-0.25, -0.2) is 0 Å². The average molecular weight is 919 g/mol. The van der Waals surface area contributed by atoms with Crippen LogP contribution < -0.4 is 5.32 Å². The van der Waals surface area contributed by atoms with Crippen molar-refractivity contribution in [3.8, 4) is 11.3 Å². The quantitative estimate of drug-likeness (QED) is 0.177. The number of nitrogens with one attached hydrogen (secondary N) is 1. The number of esters is 1. The van der Waals surface area contributed by atoms with Gasteiger partial charge < -0.3 is 68.6 Å². The van der Waals surface area contributed by atoms with Crippen molar-refractivity contribution in [2.45, 2.75) is 172 Å². The highest BCUT2D eigenvalue weighted by molar-refractivity contribution is 5.94. The normalized spacial score (nSPS) is 41.4. The van der Waals surface area contributed by atoms with Crippen molar-refractivity contribution >= 4 is 17.7 Å². The van der Waals surface area contributed by atoms with Gasteiger partial charge in [0.05, 0.1) is 53.9 Å². The molecule has 1 aromatic heterocycles. The molecule has 0 bridgehead atoms. The fourth-order valence-corrected chi connectivity index (χ4v) is 9.91. The molecule has 0 radical (unpaired) electrons. The lowest BCUT2D eigenvalue weighted by Gasteiger charge is -2.49. The summed E-state index contributed by atoms with van der Waals surface area (Å²) in [5.41, 5.74) is -4.10. The summed E-state index contributed by atoms with van der Waals surface area (Å²) < 4.78 is 43.1. The molecule has 65 heavy (non-hydrogen) atoms. The summed E-state index contributed by atoms with van der Waals surface area (Å²) in [6, 6.07) is 9.94. The molecule has 8 unspecified atom stereocenters. The second-order valence-electron chi connectivity index (χ2n) is 19.7. The summed E-state index contributed by atoms with van der Waals surface area (Å²) in [6.45, 7) is 14.2. The molecule has 17 heteroatoms. The molecular weight excluding hydrogens is 845 g/mol. The van der Waals surface area contributed by atoms with Crippen LogP contribution in [0.15, 0.2) is 47.1 Å². The van der Waals surface area contributed by atoms with Crippen molar-refractivity contribution in [3.05, 3.63) is 48.2 Å². The maximum Gasteiger partial charge on any atom is 0.311 e. The molecule has 4 heterocycles. The number of carbonyl (C=O) groups is 3. The molecule has 2 aromatic rings. The summed E-state index contributed by atoms with van der Waals surface area (Å²) in [5.74, 6) is -5.45. The lowest BCUT2D eigenvalue weighted by molar-refractivity contribution is -0.318. The van der Waals surface area contributed by atoms with Gasteiger partial charge in [0.15, 0.2) is 12.6 Å². The maximum absolute atomic E-state index is 14.7. The number of likely N-dealkylation sites (N-methyl/N-ethyl adjacent to an activating group) is 1. The van der Waals surface area contributed by atoms with E-state index in [2.05, 4.69) is 5.32 Å². The fraction of sp³-hybridized carbons (Fsp3) is 0.729. The molecule has 0 aliphatic carbocycles. The number of cyclic esters (lactones) is 1. The first-order valence-corrected chi connectivity index (χ1v) is 22.8. The van der Waals surface area contributed by atoms with Gasteiger partial charge in [-0.1, -0.05) is 32.9 Å². The Balaban J connectivity index is 1.52. The number of ketones is 1. The molecule has 366 valence electrons. The highest BCUT2D eigenvalue weighted by Crippen LogP contribution is 2.41. The van der Waals surface area contributed by atoms with Crippen LogP contribution in [0.5, 0.6) is 0 Å². The van der Waals surface area contributed by atoms with Gasteiger partial charge in [0.2, 0.25) is 0 Å². The number of nitrogens with zero attached hydrogens (tertiary/aromatic N) is 1. The van der Waals surface area contributed by atoms with Crippen molar-refractivity contribution in [1.82, 2.24) is 10.2 Å². The number of furan rings is 1. The van der Waals surface area contributed by atoms with E-state index in [1.54, 1.807) is 77.3 Å². The highest BCUT2D eigenvalue weighted by Gasteiger charge is 2.53. The zero-order valence-electron chi connectivity index (χ0n) is 40.0. The third kappa shape index (κ3) is 11.9. The predicted molar refractivity (Wildman–Crippen MR) is 237 cm³/mol. The van der Waals surface area contributed by atoms with Crippen LogP contribution in [0.3, 0.4) is 0 Å². The smallest absolute Gasteiger partial charge is 0.311 e. The molecule has 0 spiro atoms. The maximum atomic E-state index is 14.7. The van der Waals surface area contributed by atoms with Crippen molar-refractivity contribution in [2.75, 3.05) is 27.7 Å². The fourth-order valence-electron chi connectivity index (χ4n) is 9.91. The van der Waals surface area contributed by atoms with Crippen LogP contribution >= 0.6 is 0 Å². The number of ether oxygens (including phenoxy) is 6. The minimum absolute atomic E-state index is 0.0343. The van der Waals surface area contributed by atoms with Crippen molar-refractivity contribution < 1.29 is 72.8 Å². The van der Waals surface area contributed by atoms with Crippen LogP contribution in [0.1, 0.15) is 98.4 Å². The Hall–Kier alpha value is -3.33. The molecule has 3 aliphatic rings. The molecule has 17 nitrogen and oxygen atoms in total. The van der Waals surface area contributed by atoms with Crippen LogP contribution in [0.25, 0.3) is 11.3 Å². The Kier molecular flexibility index (Phi) is 17.3. The second kappa shape index (κ2) is 21.3. The number of aliphatic hydroxyl groups excluding tert-OH is 3. The minimum atomic E-state index is -2.23. The number of rotatable bonds is 11. The van der Waals surface area contributed by atoms with Gasteiger partial charge in [-0.15, -0.1) is 0 Å². The van der Waals surface area contributed by atoms with E-state index in [-0.39, 0.29) is 38.0 Å². The summed E-state index contributed by atoms with van der Waals surface area (Å²) in [6.07, 6.45) is -9.64. The number of methoxy groups -OCH3 is 1. The second-order valence-corrected chi connectivity index (χ2v) is 19.7. The van der Waals surface area contributed by atoms with E-state index in [0.29, 0.717) is 17.7 Å². The van der Waals surface area contributed by atoms with Gasteiger partial charge in [0.1, 0.15) is 35.5 Å². The molecule has 0 saturated carbocycles. The minimum Gasteiger partial charge on any atom is -0.464 e. The van der Waals surface area contributed by atoms with Gasteiger partial charge >= 0.3 is 5.97 Å². The summed E-state index contributed by atoms with van der Waals surface area (Å²) >= 11 is 0. The first-order chi connectivity index (χ1) is 30.3. The Morgan fingerprint density at radius 3 is 2.15 bits per heavy atom. The van der Waals surface area contributed by atoms with E-state index < -0.39 is 113 Å². The number of benzene rings is 1. The molecule has 3 aliphatic heterocycles. The van der Waals surface area contributed by atoms with Crippen molar-refractivity contribution in [1.29, 1.82) is 0 Å². The van der Waals surface area contributed by atoms with E-state index in [1.165, 1.54) is 27.9 Å². The van der Waals surface area contributed by atoms with E-state index in [9.17, 15) is 39.9 Å². The van der Waals surface area contributed by atoms with Crippen LogP contribution in [0.2, 0.25) is 0 Å². The average Bonchev–Trinajstić information content (AvgIpc) is 3.80. The molecule has 3 saturated heterocycles. The zero-order chi connectivity index (χ0) is 48.3. The molecule has 1 aromatic carbocycles. The largest absolute Gasteiger partial charge is 0.464 e. The van der Waals surface area contributed by atoms with Gasteiger partial charge in [-0.05, 0) is 92.7 Å². The molecule has 1 amide bonds. The van der Waals surface area contributed by atoms with Crippen LogP contribution in [0.4, 0.5) is 0 Å². The van der Waals surface area contributed by atoms with Crippen LogP contribution in [-0.4, -0.2) is 160 Å². The molecule has 5 rings (SSSR count). The zero-order valence-corrected chi connectivity index (χ0v) is 40.0. The van der Waals surface area contributed by atoms with Gasteiger partial charge in [-0.3, -0.25) is 14.4 Å². The van der Waals surface area contributed by atoms with E-state index in [0.717, 1.165) is 5.56 Å². The lowest BCUT2D eigenvalue weighted by atomic mass is 9.74. The Morgan fingerprint density at radius 2 is 1.55 bits per heavy atom. The van der Waals surface area contributed by atoms with Gasteiger partial charge in [0, 0.05) is 61.4 Å². The van der Waals surface area contributed by atoms with Gasteiger partial charge in [0.25, 0.3) is 5.91 Å². The number of hydrogen-bond acceptors (Lipinski definition) is 16. The van der Waals surface area contributed by atoms with E-state index in [1.807, 2.05) is 25.9 Å². The monoisotopic (exact) mass is 919 g/mol. The van der Waals surface area contributed by atoms with Crippen molar-refractivity contribution in [2.24, 2.45) is 23.7 Å². The number of amides is 1. The number of aliphatic hydroxyl groups is 5. The first-order valence-electron chi connectivity index (χ1n) is 22.8. The Labute approximate surface area is 383 Å². The Morgan fingerprint density at radius 1 is 0.892 bits per heavy atom. The third-order valence-corrected chi connectivity index (χ3v) is 14.1. The third-order valence-electron chi connectivity index (χ3n) is 14.1. The van der Waals surface area contributed by atoms with Gasteiger partial charge in [-0.2, -0.15) is 0 Å². The number of hydrogen-bond donors (Lipinski definition) is 6. The summed E-state index contributed by atoms with van der Waals surface area (Å²) in [5, 5.41) is 62.0. The number of Topliss-reactive ketones (excluding diaryl/α,β-unsaturated/α-hetero) is 1. The SMILES string of the molecule is COC1(C)CC(O[C@H]2[C@H](C)[C@@H](OC3OC(C)CC(N(C)C)C3O)[C@](C)(O)C[C@@H](C)C(=O)[C@H](C)[C@@H](O)[C@](C)(O)[C@@H](CCNC(=O)c3ccc(-c4ccco4)cc3)OC(=O)[C@@H]2C)OC(C)C1O. The standard InChI is InChI=1S/C48H74N2O15/c1-25-23-46(7,57)42(65-45-38(52)33(50(10)11)22-26(2)61-45)28(4)39(64-36-24-47(8,59-12)41(54)30(6)62-36)29(5)44(56)63-35(48(9,58)40(53)27(3)37(25)51)19-20-49-43(55)32-17-15-31(16-18-32)34-14-13-21-60-34/h13-18,21,25-30,33,35-36,38-42,45,52-54,57-58H,19-20,22-24H2,1-12H3,(H,49,55)/t25-,26?,27+,28+,29-,30?,33?,35-,36?,38?,39+,40-,41?,42-,45?,46-,47?,48-/m1/s1. The van der Waals surface area contributed by atoms with Crippen LogP contribution in [-0.2, 0) is 38.0 Å². The molecule has 3 fully saturated rings. The lowest BCUT2D eigenvalue weighted by Crippen LogP contribution is -2.61. The van der Waals surface area contributed by atoms with E-state index >= 15 is 0 Å². The molecule has 6 N–H and O–H groups in total. The van der Waals surface area contributed by atoms with E-state index in [4.69, 9.17) is 32.8 Å². The Bertz CT molecular complexity index is 1870. The van der Waals surface area contributed by atoms with Crippen LogP contribution in [0, 0.1) is 23.7 Å². The van der Waals surface area contributed by atoms with Crippen molar-refractivity contribution in [3.63, 3.8) is 0 Å². The topological polar surface area (TPSA) is 236 Å². The molecular formula is C48H74N2O15. The first kappa shape index (κ1) is 52.6. The highest BCUT2D eigenvalue weighted by atomic mass is 16.7.